The van der Waals surface area contributed by atoms with E-state index in [0.717, 1.165) is 30.0 Å². The number of fused-ring (bicyclic) bond motifs is 1. The van der Waals surface area contributed by atoms with Crippen LogP contribution in [0.5, 0.6) is 5.75 Å². The molecule has 0 bridgehead atoms. The molecule has 0 N–H and O–H groups in total. The zero-order chi connectivity index (χ0) is 19.8. The van der Waals surface area contributed by atoms with E-state index in [-0.39, 0.29) is 6.04 Å². The van der Waals surface area contributed by atoms with Gasteiger partial charge in [-0.05, 0) is 61.6 Å². The summed E-state index contributed by atoms with van der Waals surface area (Å²) in [6.45, 7) is 2.01. The van der Waals surface area contributed by atoms with Crippen molar-refractivity contribution in [1.29, 1.82) is 0 Å². The van der Waals surface area contributed by atoms with Crippen LogP contribution in [0.3, 0.4) is 0 Å². The van der Waals surface area contributed by atoms with Crippen molar-refractivity contribution < 1.29 is 9.26 Å². The van der Waals surface area contributed by atoms with Crippen molar-refractivity contribution in [3.05, 3.63) is 65.9 Å². The number of pyridine rings is 1. The van der Waals surface area contributed by atoms with Crippen molar-refractivity contribution in [3.63, 3.8) is 0 Å². The van der Waals surface area contributed by atoms with Gasteiger partial charge in [-0.1, -0.05) is 11.2 Å². The van der Waals surface area contributed by atoms with Gasteiger partial charge in [0.05, 0.1) is 12.7 Å². The van der Waals surface area contributed by atoms with Crippen molar-refractivity contribution in [3.8, 4) is 28.7 Å². The fourth-order valence-corrected chi connectivity index (χ4v) is 3.90. The summed E-state index contributed by atoms with van der Waals surface area (Å²) in [5.41, 5.74) is 4.40. The molecule has 4 aromatic rings. The average Bonchev–Trinajstić information content (AvgIpc) is 3.53. The molecule has 3 aromatic heterocycles. The smallest absolute Gasteiger partial charge is 0.249 e. The van der Waals surface area contributed by atoms with Crippen molar-refractivity contribution in [1.82, 2.24) is 24.7 Å². The van der Waals surface area contributed by atoms with Crippen LogP contribution in [0.15, 0.2) is 53.4 Å². The zero-order valence-electron chi connectivity index (χ0n) is 16.4. The molecule has 0 radical (unpaired) electrons. The van der Waals surface area contributed by atoms with Gasteiger partial charge in [-0.25, -0.2) is 4.98 Å². The van der Waals surface area contributed by atoms with Gasteiger partial charge >= 0.3 is 0 Å². The third kappa shape index (κ3) is 3.08. The second-order valence-electron chi connectivity index (χ2n) is 7.18. The van der Waals surface area contributed by atoms with Gasteiger partial charge in [-0.15, -0.1) is 0 Å². The molecule has 0 spiro atoms. The first-order chi connectivity index (χ1) is 14.2. The lowest BCUT2D eigenvalue weighted by Gasteiger charge is -2.16. The average molecular weight is 387 g/mol. The summed E-state index contributed by atoms with van der Waals surface area (Å²) in [7, 11) is 1.70. The monoisotopic (exact) mass is 387 g/mol. The Morgan fingerprint density at radius 2 is 1.97 bits per heavy atom. The minimum absolute atomic E-state index is 0.185. The third-order valence-electron chi connectivity index (χ3n) is 5.43. The fraction of sp³-hybridized carbons (Fsp3) is 0.273. The maximum absolute atomic E-state index is 5.68. The van der Waals surface area contributed by atoms with Gasteiger partial charge in [0, 0.05) is 18.6 Å². The molecule has 0 saturated carbocycles. The molecule has 7 heteroatoms. The van der Waals surface area contributed by atoms with E-state index >= 15 is 0 Å². The topological polar surface area (TPSA) is 78.9 Å². The first-order valence-corrected chi connectivity index (χ1v) is 9.72. The van der Waals surface area contributed by atoms with Crippen LogP contribution < -0.4 is 4.74 Å². The lowest BCUT2D eigenvalue weighted by atomic mass is 10.0. The molecule has 7 nitrogen and oxygen atoms in total. The molecular weight excluding hydrogens is 366 g/mol. The predicted molar refractivity (Wildman–Crippen MR) is 108 cm³/mol. The highest BCUT2D eigenvalue weighted by atomic mass is 16.5. The molecule has 1 aliphatic carbocycles. The van der Waals surface area contributed by atoms with E-state index in [9.17, 15) is 0 Å². The van der Waals surface area contributed by atoms with Crippen LogP contribution in [0.1, 0.15) is 36.4 Å². The minimum atomic E-state index is -0.185. The van der Waals surface area contributed by atoms with Crippen molar-refractivity contribution in [2.45, 2.75) is 32.2 Å². The first-order valence-electron chi connectivity index (χ1n) is 9.72. The zero-order valence-corrected chi connectivity index (χ0v) is 16.4. The van der Waals surface area contributed by atoms with Crippen LogP contribution in [-0.2, 0) is 12.8 Å². The molecule has 3 heterocycles. The number of methoxy groups -OCH3 is 1. The van der Waals surface area contributed by atoms with E-state index in [4.69, 9.17) is 9.26 Å². The summed E-state index contributed by atoms with van der Waals surface area (Å²) in [4.78, 5) is 13.4. The van der Waals surface area contributed by atoms with E-state index in [1.54, 1.807) is 19.5 Å². The summed E-state index contributed by atoms with van der Waals surface area (Å²) in [5.74, 6) is 2.64. The van der Waals surface area contributed by atoms with Crippen LogP contribution in [0.2, 0.25) is 0 Å². The molecule has 0 aliphatic heterocycles. The number of aryl methyl sites for hydroxylation is 2. The molecule has 0 amide bonds. The lowest BCUT2D eigenvalue weighted by Crippen LogP contribution is -2.09. The maximum atomic E-state index is 5.68. The number of hydrogen-bond donors (Lipinski definition) is 0. The van der Waals surface area contributed by atoms with Crippen molar-refractivity contribution in [2.24, 2.45) is 0 Å². The molecule has 1 atom stereocenters. The summed E-state index contributed by atoms with van der Waals surface area (Å²) >= 11 is 0. The van der Waals surface area contributed by atoms with Gasteiger partial charge in [0.2, 0.25) is 11.7 Å². The van der Waals surface area contributed by atoms with Gasteiger partial charge in [0.1, 0.15) is 23.3 Å². The molecule has 29 heavy (non-hydrogen) atoms. The second-order valence-corrected chi connectivity index (χ2v) is 7.18. The highest BCUT2D eigenvalue weighted by Crippen LogP contribution is 2.37. The van der Waals surface area contributed by atoms with E-state index in [0.29, 0.717) is 17.4 Å². The number of rotatable bonds is 5. The van der Waals surface area contributed by atoms with Gasteiger partial charge in [-0.3, -0.25) is 4.98 Å². The quantitative estimate of drug-likeness (QED) is 0.513. The summed E-state index contributed by atoms with van der Waals surface area (Å²) in [6, 6.07) is 9.78. The molecular formula is C22H21N5O2. The number of aromatic nitrogens is 5. The van der Waals surface area contributed by atoms with E-state index in [2.05, 4.69) is 32.2 Å². The van der Waals surface area contributed by atoms with E-state index in [1.165, 1.54) is 17.5 Å². The Balaban J connectivity index is 1.52. The number of ether oxygens (including phenoxy) is 1. The summed E-state index contributed by atoms with van der Waals surface area (Å²) < 4.78 is 13.3. The Kier molecular flexibility index (Phi) is 4.35. The van der Waals surface area contributed by atoms with Crippen LogP contribution in [-0.4, -0.2) is 31.8 Å². The molecule has 1 aliphatic rings. The SMILES string of the molecule is COc1cc2c(cc1-c1nccn1C(C)c1nc(-c3ccccn3)no1)CCC2. The largest absolute Gasteiger partial charge is 0.496 e. The Labute approximate surface area is 168 Å². The van der Waals surface area contributed by atoms with E-state index in [1.807, 2.05) is 35.9 Å². The highest BCUT2D eigenvalue weighted by molar-refractivity contribution is 5.68. The number of nitrogens with zero attached hydrogens (tertiary/aromatic N) is 5. The van der Waals surface area contributed by atoms with Gasteiger partial charge in [0.25, 0.3) is 0 Å². The number of benzene rings is 1. The predicted octanol–water partition coefficient (Wildman–Crippen LogP) is 4.10. The fourth-order valence-electron chi connectivity index (χ4n) is 3.90. The Hall–Kier alpha value is -3.48. The lowest BCUT2D eigenvalue weighted by molar-refractivity contribution is 0.346. The number of hydrogen-bond acceptors (Lipinski definition) is 6. The third-order valence-corrected chi connectivity index (χ3v) is 5.43. The highest BCUT2D eigenvalue weighted by Gasteiger charge is 2.23. The van der Waals surface area contributed by atoms with Crippen LogP contribution in [0.25, 0.3) is 22.9 Å². The molecule has 146 valence electrons. The van der Waals surface area contributed by atoms with Crippen LogP contribution in [0.4, 0.5) is 0 Å². The Bertz CT molecular complexity index is 1150. The Morgan fingerprint density at radius 1 is 1.10 bits per heavy atom. The molecule has 1 aromatic carbocycles. The normalized spacial score (nSPS) is 14.0. The van der Waals surface area contributed by atoms with Crippen LogP contribution >= 0.6 is 0 Å². The molecule has 0 saturated heterocycles. The van der Waals surface area contributed by atoms with Gasteiger partial charge in [0.15, 0.2) is 0 Å². The minimum Gasteiger partial charge on any atom is -0.496 e. The molecule has 1 unspecified atom stereocenters. The van der Waals surface area contributed by atoms with Crippen LogP contribution in [0, 0.1) is 0 Å². The number of imidazole rings is 1. The van der Waals surface area contributed by atoms with Gasteiger partial charge in [-0.2, -0.15) is 4.98 Å². The standard InChI is InChI=1S/C22H21N5O2/c1-14(22-25-20(26-29-22)18-8-3-4-9-23-18)27-11-10-24-21(27)17-12-15-6-5-7-16(15)13-19(17)28-2/h3-4,8-14H,5-7H2,1-2H3. The van der Waals surface area contributed by atoms with Crippen molar-refractivity contribution >= 4 is 0 Å². The molecule has 5 rings (SSSR count). The summed E-state index contributed by atoms with van der Waals surface area (Å²) in [6.07, 6.45) is 8.81. The van der Waals surface area contributed by atoms with E-state index < -0.39 is 0 Å². The second kappa shape index (κ2) is 7.16. The molecule has 0 fully saturated rings. The van der Waals surface area contributed by atoms with Crippen molar-refractivity contribution in [2.75, 3.05) is 7.11 Å². The maximum Gasteiger partial charge on any atom is 0.249 e. The summed E-state index contributed by atoms with van der Waals surface area (Å²) in [5, 5.41) is 4.09. The first kappa shape index (κ1) is 17.6. The Morgan fingerprint density at radius 3 is 2.76 bits per heavy atom. The van der Waals surface area contributed by atoms with Gasteiger partial charge < -0.3 is 13.8 Å².